The highest BCUT2D eigenvalue weighted by molar-refractivity contribution is 5.60. The zero-order chi connectivity index (χ0) is 13.8. The molecule has 0 radical (unpaired) electrons. The number of nitrogens with zero attached hydrogens (tertiary/aromatic N) is 1. The topological polar surface area (TPSA) is 35.8 Å². The van der Waals surface area contributed by atoms with Crippen LogP contribution in [0.25, 0.3) is 0 Å². The van der Waals surface area contributed by atoms with E-state index in [1.807, 2.05) is 25.1 Å². The molecule has 0 spiro atoms. The maximum Gasteiger partial charge on any atom is 0.102 e. The van der Waals surface area contributed by atoms with Crippen LogP contribution < -0.4 is 5.32 Å². The Morgan fingerprint density at radius 2 is 1.84 bits per heavy atom. The van der Waals surface area contributed by atoms with E-state index >= 15 is 0 Å². The van der Waals surface area contributed by atoms with Crippen molar-refractivity contribution >= 4 is 5.69 Å². The van der Waals surface area contributed by atoms with Crippen LogP contribution in [0.5, 0.6) is 0 Å². The molecule has 0 bridgehead atoms. The molecule has 2 aromatic carbocycles. The molecule has 96 valence electrons. The Morgan fingerprint density at radius 3 is 2.53 bits per heavy atom. The predicted octanol–water partition coefficient (Wildman–Crippen LogP) is 4.10. The van der Waals surface area contributed by atoms with Crippen molar-refractivity contribution in [2.45, 2.75) is 27.3 Å². The second-order valence-electron chi connectivity index (χ2n) is 4.89. The van der Waals surface area contributed by atoms with Gasteiger partial charge in [-0.2, -0.15) is 5.26 Å². The smallest absolute Gasteiger partial charge is 0.102 e. The molecule has 0 aliphatic heterocycles. The van der Waals surface area contributed by atoms with Crippen LogP contribution in [0.1, 0.15) is 27.8 Å². The third kappa shape index (κ3) is 2.95. The van der Waals surface area contributed by atoms with Gasteiger partial charge in [-0.25, -0.2) is 0 Å². The molecular formula is C17H18N2. The monoisotopic (exact) mass is 250 g/mol. The van der Waals surface area contributed by atoms with Gasteiger partial charge in [0.2, 0.25) is 0 Å². The summed E-state index contributed by atoms with van der Waals surface area (Å²) in [7, 11) is 0. The number of benzene rings is 2. The first-order chi connectivity index (χ1) is 9.11. The first-order valence-corrected chi connectivity index (χ1v) is 6.41. The lowest BCUT2D eigenvalue weighted by Gasteiger charge is -2.12. The molecule has 0 unspecified atom stereocenters. The van der Waals surface area contributed by atoms with Crippen molar-refractivity contribution < 1.29 is 0 Å². The molecule has 0 saturated heterocycles. The van der Waals surface area contributed by atoms with Crippen molar-refractivity contribution in [3.8, 4) is 6.07 Å². The van der Waals surface area contributed by atoms with Gasteiger partial charge < -0.3 is 5.32 Å². The third-order valence-electron chi connectivity index (χ3n) is 3.35. The van der Waals surface area contributed by atoms with E-state index < -0.39 is 0 Å². The van der Waals surface area contributed by atoms with E-state index in [0.29, 0.717) is 0 Å². The van der Waals surface area contributed by atoms with Crippen LogP contribution in [0.4, 0.5) is 5.69 Å². The molecule has 2 heteroatoms. The second kappa shape index (κ2) is 5.58. The Bertz CT molecular complexity index is 636. The van der Waals surface area contributed by atoms with Gasteiger partial charge in [0.25, 0.3) is 0 Å². The summed E-state index contributed by atoms with van der Waals surface area (Å²) in [6.07, 6.45) is 0. The zero-order valence-electron chi connectivity index (χ0n) is 11.6. The van der Waals surface area contributed by atoms with Crippen molar-refractivity contribution in [3.63, 3.8) is 0 Å². The number of nitriles is 1. The lowest BCUT2D eigenvalue weighted by molar-refractivity contribution is 1.11. The average Bonchev–Trinajstić information content (AvgIpc) is 2.38. The quantitative estimate of drug-likeness (QED) is 0.890. The number of rotatable bonds is 3. The fourth-order valence-corrected chi connectivity index (χ4v) is 2.20. The predicted molar refractivity (Wildman–Crippen MR) is 79.1 cm³/mol. The molecule has 0 aromatic heterocycles. The minimum absolute atomic E-state index is 0.729. The summed E-state index contributed by atoms with van der Waals surface area (Å²) in [6.45, 7) is 6.91. The molecule has 0 heterocycles. The van der Waals surface area contributed by atoms with Crippen LogP contribution in [0.3, 0.4) is 0 Å². The van der Waals surface area contributed by atoms with Crippen molar-refractivity contribution in [1.29, 1.82) is 5.26 Å². The number of aryl methyl sites for hydroxylation is 3. The Morgan fingerprint density at radius 1 is 1.05 bits per heavy atom. The largest absolute Gasteiger partial charge is 0.380 e. The van der Waals surface area contributed by atoms with Gasteiger partial charge >= 0.3 is 0 Å². The van der Waals surface area contributed by atoms with Gasteiger partial charge in [-0.1, -0.05) is 35.9 Å². The fourth-order valence-electron chi connectivity index (χ4n) is 2.20. The Balaban J connectivity index is 2.20. The van der Waals surface area contributed by atoms with Crippen LogP contribution in [-0.4, -0.2) is 0 Å². The minimum Gasteiger partial charge on any atom is -0.380 e. The first kappa shape index (κ1) is 13.2. The molecule has 0 saturated carbocycles. The van der Waals surface area contributed by atoms with Crippen LogP contribution in [0.15, 0.2) is 36.4 Å². The number of hydrogen-bond acceptors (Lipinski definition) is 2. The maximum absolute atomic E-state index is 9.20. The van der Waals surface area contributed by atoms with Crippen molar-refractivity contribution in [3.05, 3.63) is 64.2 Å². The summed E-state index contributed by atoms with van der Waals surface area (Å²) < 4.78 is 0. The third-order valence-corrected chi connectivity index (χ3v) is 3.35. The summed E-state index contributed by atoms with van der Waals surface area (Å²) in [6, 6.07) is 14.6. The number of nitrogens with one attached hydrogen (secondary N) is 1. The molecule has 2 aromatic rings. The summed E-state index contributed by atoms with van der Waals surface area (Å²) in [5.74, 6) is 0. The van der Waals surface area contributed by atoms with E-state index in [-0.39, 0.29) is 0 Å². The average molecular weight is 250 g/mol. The second-order valence-corrected chi connectivity index (χ2v) is 4.89. The molecule has 0 aliphatic carbocycles. The van der Waals surface area contributed by atoms with E-state index in [9.17, 15) is 5.26 Å². The van der Waals surface area contributed by atoms with Gasteiger partial charge in [0.15, 0.2) is 0 Å². The molecule has 0 atom stereocenters. The summed E-state index contributed by atoms with van der Waals surface area (Å²) in [5.41, 5.74) is 6.45. The highest BCUT2D eigenvalue weighted by Crippen LogP contribution is 2.20. The Kier molecular flexibility index (Phi) is 3.87. The van der Waals surface area contributed by atoms with Gasteiger partial charge in [0.05, 0.1) is 11.3 Å². The van der Waals surface area contributed by atoms with Crippen molar-refractivity contribution in [2.24, 2.45) is 0 Å². The van der Waals surface area contributed by atoms with E-state index in [1.165, 1.54) is 16.7 Å². The summed E-state index contributed by atoms with van der Waals surface area (Å²) >= 11 is 0. The standard InChI is InChI=1S/C17H18N2/c1-12-7-8-15(14(3)9-12)11-19-17-6-4-5-13(2)16(17)10-18/h4-9,19H,11H2,1-3H3. The van der Waals surface area contributed by atoms with E-state index in [0.717, 1.165) is 23.4 Å². The van der Waals surface area contributed by atoms with Crippen LogP contribution in [0, 0.1) is 32.1 Å². The molecule has 2 nitrogen and oxygen atoms in total. The van der Waals surface area contributed by atoms with Gasteiger partial charge in [0.1, 0.15) is 6.07 Å². The first-order valence-electron chi connectivity index (χ1n) is 6.41. The molecule has 0 aliphatic rings. The van der Waals surface area contributed by atoms with E-state index in [2.05, 4.69) is 43.4 Å². The Labute approximate surface area is 114 Å². The highest BCUT2D eigenvalue weighted by Gasteiger charge is 2.05. The Hall–Kier alpha value is -2.27. The lowest BCUT2D eigenvalue weighted by Crippen LogP contribution is -2.03. The van der Waals surface area contributed by atoms with Gasteiger partial charge in [0, 0.05) is 6.54 Å². The van der Waals surface area contributed by atoms with E-state index in [4.69, 9.17) is 0 Å². The minimum atomic E-state index is 0.729. The fraction of sp³-hybridized carbons (Fsp3) is 0.235. The zero-order valence-corrected chi connectivity index (χ0v) is 11.6. The van der Waals surface area contributed by atoms with E-state index in [1.54, 1.807) is 0 Å². The maximum atomic E-state index is 9.20. The summed E-state index contributed by atoms with van der Waals surface area (Å²) in [4.78, 5) is 0. The number of anilines is 1. The van der Waals surface area contributed by atoms with Crippen LogP contribution >= 0.6 is 0 Å². The normalized spacial score (nSPS) is 10.0. The molecule has 19 heavy (non-hydrogen) atoms. The lowest BCUT2D eigenvalue weighted by atomic mass is 10.0. The SMILES string of the molecule is Cc1ccc(CNc2cccc(C)c2C#N)c(C)c1. The van der Waals surface area contributed by atoms with Crippen molar-refractivity contribution in [2.75, 3.05) is 5.32 Å². The van der Waals surface area contributed by atoms with Gasteiger partial charge in [-0.3, -0.25) is 0 Å². The highest BCUT2D eigenvalue weighted by atomic mass is 14.9. The molecule has 0 fully saturated rings. The van der Waals surface area contributed by atoms with Gasteiger partial charge in [-0.15, -0.1) is 0 Å². The molecule has 0 amide bonds. The van der Waals surface area contributed by atoms with Crippen molar-refractivity contribution in [1.82, 2.24) is 0 Å². The molecular weight excluding hydrogens is 232 g/mol. The summed E-state index contributed by atoms with van der Waals surface area (Å²) in [5, 5.41) is 12.6. The van der Waals surface area contributed by atoms with Gasteiger partial charge in [-0.05, 0) is 43.5 Å². The molecule has 1 N–H and O–H groups in total. The number of hydrogen-bond donors (Lipinski definition) is 1. The van der Waals surface area contributed by atoms with Crippen LogP contribution in [-0.2, 0) is 6.54 Å². The van der Waals surface area contributed by atoms with Crippen LogP contribution in [0.2, 0.25) is 0 Å². The molecule has 2 rings (SSSR count).